The molecule has 0 radical (unpaired) electrons. The number of anilines is 4. The Morgan fingerprint density at radius 2 is 0.784 bits per heavy atom. The molecule has 0 bridgehead atoms. The summed E-state index contributed by atoms with van der Waals surface area (Å²) in [7, 11) is -21.3. The maximum atomic E-state index is 14.2. The molecule has 4 aliphatic rings. The molecule has 0 spiro atoms. The van der Waals surface area contributed by atoms with Gasteiger partial charge in [-0.25, -0.2) is 48.2 Å². The fourth-order valence-corrected chi connectivity index (χ4v) is 13.8. The molecule has 88 heavy (non-hydrogen) atoms. The first-order valence-corrected chi connectivity index (χ1v) is 31.7. The zero-order chi connectivity index (χ0) is 62.4. The molecule has 44 nitrogen and oxygen atoms in total. The van der Waals surface area contributed by atoms with E-state index in [2.05, 4.69) is 59.8 Å². The summed E-state index contributed by atoms with van der Waals surface area (Å²) >= 11 is 0. The van der Waals surface area contributed by atoms with Gasteiger partial charge in [-0.05, 0) is 0 Å². The lowest BCUT2D eigenvalue weighted by Gasteiger charge is -2.25. The van der Waals surface area contributed by atoms with Crippen molar-refractivity contribution in [2.75, 3.05) is 49.4 Å². The summed E-state index contributed by atoms with van der Waals surface area (Å²) in [6.45, 7) is -3.59. The van der Waals surface area contributed by atoms with Crippen molar-refractivity contribution in [1.82, 2.24) is 78.1 Å². The number of nitrogens with two attached hydrogens (primary N) is 4. The van der Waals surface area contributed by atoms with Crippen molar-refractivity contribution in [1.29, 1.82) is 0 Å². The predicted octanol–water partition coefficient (Wildman–Crippen LogP) is -2.32. The van der Waals surface area contributed by atoms with Crippen molar-refractivity contribution in [3.8, 4) is 0 Å². The normalized spacial score (nSPS) is 28.1. The summed E-state index contributed by atoms with van der Waals surface area (Å²) in [6.07, 6.45) is -12.4. The number of hydrogen-bond donors (Lipinski definition) is 13. The van der Waals surface area contributed by atoms with Crippen LogP contribution in [0.25, 0.3) is 44.7 Å². The van der Waals surface area contributed by atoms with Crippen LogP contribution in [0, 0.1) is 0 Å². The number of hydrogen-bond acceptors (Lipinski definition) is 32. The van der Waals surface area contributed by atoms with Crippen LogP contribution in [0.5, 0.6) is 0 Å². The second-order valence-corrected chi connectivity index (χ2v) is 25.3. The van der Waals surface area contributed by atoms with E-state index < -0.39 is 155 Å². The van der Waals surface area contributed by atoms with Crippen LogP contribution < -0.4 is 39.6 Å². The van der Waals surface area contributed by atoms with Crippen LogP contribution in [0.4, 0.5) is 23.7 Å². The van der Waals surface area contributed by atoms with Crippen LogP contribution in [0.2, 0.25) is 0 Å². The first kappa shape index (κ1) is 61.3. The van der Waals surface area contributed by atoms with Crippen molar-refractivity contribution in [2.24, 2.45) is 0 Å². The molecule has 4 aliphatic heterocycles. The van der Waals surface area contributed by atoms with Gasteiger partial charge < -0.3 is 71.5 Å². The van der Waals surface area contributed by atoms with E-state index in [9.17, 15) is 62.2 Å². The van der Waals surface area contributed by atoms with Gasteiger partial charge in [-0.3, -0.25) is 79.3 Å². The number of imidazole rings is 4. The number of phosphoric acid groups is 4. The van der Waals surface area contributed by atoms with Gasteiger partial charge in [-0.2, -0.15) is 15.0 Å². The van der Waals surface area contributed by atoms with E-state index in [0.717, 1.165) is 19.0 Å². The summed E-state index contributed by atoms with van der Waals surface area (Å²) in [5, 5.41) is 10.2. The molecule has 0 saturated carbocycles. The van der Waals surface area contributed by atoms with Gasteiger partial charge in [0.1, 0.15) is 85.6 Å². The van der Waals surface area contributed by atoms with Gasteiger partial charge in [-0.1, -0.05) is 0 Å². The van der Waals surface area contributed by atoms with E-state index >= 15 is 0 Å². The lowest BCUT2D eigenvalue weighted by atomic mass is 10.2. The molecule has 0 amide bonds. The van der Waals surface area contributed by atoms with Gasteiger partial charge in [0.05, 0.1) is 51.7 Å². The van der Waals surface area contributed by atoms with Gasteiger partial charge >= 0.3 is 31.3 Å². The minimum atomic E-state index is -5.43. The third kappa shape index (κ3) is 12.7. The number of aromatic amines is 3. The Bertz CT molecular complexity index is 4360. The first-order valence-electron chi connectivity index (χ1n) is 25.7. The fraction of sp³-hybridized carbons (Fsp3) is 0.500. The molecule has 4 fully saturated rings. The number of fused-ring (bicyclic) bond motifs is 4. The van der Waals surface area contributed by atoms with Crippen LogP contribution in [0.3, 0.4) is 0 Å². The number of rotatable bonds is 22. The van der Waals surface area contributed by atoms with Crippen molar-refractivity contribution >= 4 is 99.6 Å². The highest BCUT2D eigenvalue weighted by molar-refractivity contribution is 7.48. The van der Waals surface area contributed by atoms with Crippen molar-refractivity contribution in [3.63, 3.8) is 0 Å². The Kier molecular flexibility index (Phi) is 16.3. The molecule has 12 rings (SSSR count). The number of ether oxygens (including phenoxy) is 4. The number of H-pyrrole nitrogens is 3. The van der Waals surface area contributed by atoms with Gasteiger partial charge in [0.15, 0.2) is 45.0 Å². The maximum Gasteiger partial charge on any atom is 0.472 e. The number of nitrogens with zero attached hydrogens (tertiary/aromatic N) is 13. The van der Waals surface area contributed by atoms with Gasteiger partial charge in [-0.15, -0.1) is 0 Å². The largest absolute Gasteiger partial charge is 0.472 e. The molecular weight excluding hydrogens is 1270 g/mol. The third-order valence-electron chi connectivity index (χ3n) is 14.2. The van der Waals surface area contributed by atoms with E-state index in [0.29, 0.717) is 0 Å². The monoisotopic (exact) mass is 1320 g/mol. The van der Waals surface area contributed by atoms with Gasteiger partial charge in [0.25, 0.3) is 16.7 Å². The molecule has 8 aromatic rings. The quantitative estimate of drug-likeness (QED) is 0.0317. The molecule has 17 N–H and O–H groups in total. The Hall–Kier alpha value is -6.96. The molecule has 4 saturated heterocycles. The molecule has 3 unspecified atom stereocenters. The SMILES string of the molecule is Nc1nc2c(ncn2[C@H]2C[C@H](OP(=O)(O)O)[C@@H](COP(=O)(O)O[C@H]3C[C@H](n4cnc5c(=O)[nH]c(N)nc54)O[C@@H]3COP(=O)(O)O[C@H]3C[C@H](n4cnc5c(N)ncnc54)O[C@@H]3COP(=O)(O)O[C@H]3C[C@H](n4cnc5c(=O)[nH]c(N)nc54)O[C@@H]3CO)O2)c(=O)[nH]1. The Morgan fingerprint density at radius 1 is 0.466 bits per heavy atom. The zero-order valence-electron chi connectivity index (χ0n) is 44.4. The average molecular weight is 1320 g/mol. The van der Waals surface area contributed by atoms with Crippen LogP contribution in [-0.4, -0.2) is 183 Å². The first-order chi connectivity index (χ1) is 41.7. The summed E-state index contributed by atoms with van der Waals surface area (Å²) in [6, 6.07) is 0. The average Bonchev–Trinajstić information content (AvgIpc) is 2.00. The zero-order valence-corrected chi connectivity index (χ0v) is 48.0. The molecule has 0 aromatic carbocycles. The van der Waals surface area contributed by atoms with E-state index in [1.165, 1.54) is 30.9 Å². The fourth-order valence-electron chi connectivity index (χ4n) is 10.4. The Labute approximate surface area is 486 Å². The van der Waals surface area contributed by atoms with E-state index in [1.807, 2.05) is 0 Å². The topological polar surface area (TPSA) is 630 Å². The molecule has 15 atom stereocenters. The van der Waals surface area contributed by atoms with Gasteiger partial charge in [0.2, 0.25) is 17.8 Å². The Morgan fingerprint density at radius 3 is 1.14 bits per heavy atom. The van der Waals surface area contributed by atoms with Crippen molar-refractivity contribution < 1.29 is 98.4 Å². The third-order valence-corrected chi connectivity index (χ3v) is 17.7. The summed E-state index contributed by atoms with van der Waals surface area (Å²) in [5.74, 6) is -0.895. The van der Waals surface area contributed by atoms with E-state index in [4.69, 9.17) is 73.5 Å². The lowest BCUT2D eigenvalue weighted by molar-refractivity contribution is -0.0619. The standard InChI is InChI=1S/C40H50N20O24P4/c41-30-26-31(46-9-45-30)57(10-47-26)22-3-16(20(79-22)7-75-86(68,69)82-14-1-23(77-18(14)5-61)58-11-48-27-32(58)51-38(42)54-35(27)62)83-88(72,73)76-8-21-17(4-25(80-21)60-13-50-29-34(60)53-40(44)56-37(29)64)84-87(70,71)74-6-19-15(81-85(65,66)67)2-24(78-19)59-12-49-28-33(59)52-39(43)55-36(28)63/h9-25,61H,1-8H2,(H,68,69)(H,70,71)(H,72,73)(H2,41,45,46)(H2,65,66,67)(H3,42,51,54,62)(H3,43,52,55,63)(H3,44,53,56,64)/t14-,15-,16-,17-,18+,19+,20+,21+,22+,23+,24+,25+/m0/s1. The highest BCUT2D eigenvalue weighted by Crippen LogP contribution is 2.54. The highest BCUT2D eigenvalue weighted by atomic mass is 31.2. The lowest BCUT2D eigenvalue weighted by Crippen LogP contribution is -2.31. The number of aliphatic hydroxyl groups excluding tert-OH is 1. The number of aliphatic hydroxyl groups is 1. The van der Waals surface area contributed by atoms with Crippen LogP contribution in [0.15, 0.2) is 46.0 Å². The Balaban J connectivity index is 0.756. The van der Waals surface area contributed by atoms with E-state index in [1.54, 1.807) is 0 Å². The smallest absolute Gasteiger partial charge is 0.394 e. The molecule has 0 aliphatic carbocycles. The highest BCUT2D eigenvalue weighted by Gasteiger charge is 2.49. The molecule has 474 valence electrons. The minimum absolute atomic E-state index is 0.00119. The summed E-state index contributed by atoms with van der Waals surface area (Å²) in [4.78, 5) is 135. The minimum Gasteiger partial charge on any atom is -0.394 e. The molecule has 8 aromatic heterocycles. The van der Waals surface area contributed by atoms with Crippen LogP contribution in [-0.2, 0) is 68.9 Å². The van der Waals surface area contributed by atoms with Crippen LogP contribution >= 0.6 is 31.3 Å². The van der Waals surface area contributed by atoms with Gasteiger partial charge in [0, 0.05) is 25.7 Å². The maximum absolute atomic E-state index is 14.2. The predicted molar refractivity (Wildman–Crippen MR) is 287 cm³/mol. The molecular formula is C40H50N20O24P4. The number of aromatic nitrogens is 16. The van der Waals surface area contributed by atoms with Crippen LogP contribution in [0.1, 0.15) is 50.6 Å². The number of nitrogen functional groups attached to an aromatic ring is 4. The summed E-state index contributed by atoms with van der Waals surface area (Å²) in [5.41, 5.74) is 20.7. The van der Waals surface area contributed by atoms with Crippen molar-refractivity contribution in [2.45, 2.75) is 99.4 Å². The summed E-state index contributed by atoms with van der Waals surface area (Å²) < 4.78 is 121. The second-order valence-electron chi connectivity index (χ2n) is 19.9. The number of phosphoric ester groups is 4. The molecule has 12 heterocycles. The van der Waals surface area contributed by atoms with E-state index in [-0.39, 0.29) is 87.6 Å². The second kappa shape index (κ2) is 23.4. The van der Waals surface area contributed by atoms with Crippen molar-refractivity contribution in [3.05, 3.63) is 62.7 Å². The molecule has 48 heteroatoms. The number of nitrogens with one attached hydrogen (secondary N) is 3.